The highest BCUT2D eigenvalue weighted by Gasteiger charge is 2.30. The topological polar surface area (TPSA) is 100 Å². The van der Waals surface area contributed by atoms with Crippen LogP contribution in [0.4, 0.5) is 19.0 Å². The number of aliphatic hydroxyl groups is 1. The minimum absolute atomic E-state index is 0.0406. The molecule has 1 aliphatic rings. The van der Waals surface area contributed by atoms with E-state index in [9.17, 15) is 28.4 Å². The van der Waals surface area contributed by atoms with Crippen molar-refractivity contribution < 1.29 is 23.2 Å². The Bertz CT molecular complexity index is 970. The number of aromatic nitrogens is 2. The van der Waals surface area contributed by atoms with E-state index in [-0.39, 0.29) is 17.6 Å². The lowest BCUT2D eigenvalue weighted by Crippen LogP contribution is -2.51. The fourth-order valence-corrected chi connectivity index (χ4v) is 3.59. The number of rotatable bonds is 7. The minimum Gasteiger partial charge on any atom is -0.387 e. The van der Waals surface area contributed by atoms with Crippen molar-refractivity contribution in [1.29, 1.82) is 0 Å². The number of hydrogen-bond donors (Lipinski definition) is 1. The Balaban J connectivity index is 1.49. The van der Waals surface area contributed by atoms with Crippen LogP contribution in [0.25, 0.3) is 0 Å². The first-order valence-electron chi connectivity index (χ1n) is 9.71. The molecule has 0 bridgehead atoms. The summed E-state index contributed by atoms with van der Waals surface area (Å²) in [6.07, 6.45) is -1.67. The fourth-order valence-electron chi connectivity index (χ4n) is 3.40. The van der Waals surface area contributed by atoms with E-state index in [0.29, 0.717) is 38.3 Å². The lowest BCUT2D eigenvalue weighted by Gasteiger charge is -2.37. The Morgan fingerprint density at radius 3 is 2.38 bits per heavy atom. The highest BCUT2D eigenvalue weighted by Crippen LogP contribution is 2.29. The minimum atomic E-state index is -4.37. The monoisotopic (exact) mass is 474 g/mol. The van der Waals surface area contributed by atoms with Crippen LogP contribution >= 0.6 is 11.6 Å². The van der Waals surface area contributed by atoms with E-state index in [0.717, 1.165) is 12.1 Å². The number of hydrogen-bond acceptors (Lipinski definition) is 7. The van der Waals surface area contributed by atoms with Gasteiger partial charge in [-0.3, -0.25) is 14.5 Å². The Morgan fingerprint density at radius 1 is 1.22 bits per heavy atom. The van der Waals surface area contributed by atoms with E-state index in [2.05, 4.69) is 10.1 Å². The Morgan fingerprint density at radius 2 is 1.84 bits per heavy atom. The van der Waals surface area contributed by atoms with Crippen molar-refractivity contribution in [2.24, 2.45) is 5.10 Å². The number of imidazole rings is 1. The number of piperazine rings is 1. The smallest absolute Gasteiger partial charge is 0.387 e. The maximum atomic E-state index is 12.6. The van der Waals surface area contributed by atoms with E-state index < -0.39 is 22.3 Å². The summed E-state index contributed by atoms with van der Waals surface area (Å²) < 4.78 is 39.2. The second kappa shape index (κ2) is 9.43. The summed E-state index contributed by atoms with van der Waals surface area (Å²) in [5, 5.41) is 27.6. The molecule has 1 fully saturated rings. The zero-order valence-electron chi connectivity index (χ0n) is 17.2. The van der Waals surface area contributed by atoms with Gasteiger partial charge in [-0.2, -0.15) is 18.3 Å². The summed E-state index contributed by atoms with van der Waals surface area (Å²) >= 11 is 5.92. The molecule has 0 radical (unpaired) electrons. The molecule has 0 amide bonds. The van der Waals surface area contributed by atoms with E-state index in [1.807, 2.05) is 4.90 Å². The number of nitro groups is 1. The molecule has 1 aliphatic heterocycles. The van der Waals surface area contributed by atoms with Gasteiger partial charge in [-0.15, -0.1) is 0 Å². The lowest BCUT2D eigenvalue weighted by atomic mass is 10.1. The zero-order chi connectivity index (χ0) is 23.5. The molecule has 13 heteroatoms. The van der Waals surface area contributed by atoms with Crippen molar-refractivity contribution in [1.82, 2.24) is 19.5 Å². The number of benzene rings is 1. The summed E-state index contributed by atoms with van der Waals surface area (Å²) in [4.78, 5) is 15.8. The van der Waals surface area contributed by atoms with Crippen molar-refractivity contribution in [3.05, 3.63) is 57.0 Å². The third-order valence-electron chi connectivity index (χ3n) is 4.93. The van der Waals surface area contributed by atoms with Crippen molar-refractivity contribution in [3.8, 4) is 0 Å². The number of halogens is 4. The maximum absolute atomic E-state index is 12.6. The molecule has 2 aromatic rings. The molecule has 1 saturated heterocycles. The van der Waals surface area contributed by atoms with Crippen molar-refractivity contribution >= 4 is 23.6 Å². The van der Waals surface area contributed by atoms with Gasteiger partial charge < -0.3 is 15.2 Å². The molecule has 0 aliphatic carbocycles. The molecular formula is C19H22ClF3N6O3. The Labute approximate surface area is 186 Å². The standard InChI is InChI=1S/C19H22ClF3N6O3/c1-18(30,13-27-11-16(29(31)32)25-17(27)20)12-26-6-8-28(9-7-26)24-10-14-2-4-15(5-3-14)19(21,22)23/h2-5,10-11,30H,6-9,12-13H2,1H3. The number of hydrazone groups is 1. The molecular weight excluding hydrogens is 453 g/mol. The molecule has 1 atom stereocenters. The lowest BCUT2D eigenvalue weighted by molar-refractivity contribution is -0.389. The van der Waals surface area contributed by atoms with Gasteiger partial charge in [0.2, 0.25) is 0 Å². The first-order chi connectivity index (χ1) is 14.9. The molecule has 1 aromatic heterocycles. The SMILES string of the molecule is CC(O)(CN1CCN(N=Cc2ccc(C(F)(F)F)cc2)CC1)Cn1cc([N+](=O)[O-])nc1Cl. The van der Waals surface area contributed by atoms with Crippen LogP contribution in [0.5, 0.6) is 0 Å². The molecule has 2 heterocycles. The fraction of sp³-hybridized carbons (Fsp3) is 0.474. The summed E-state index contributed by atoms with van der Waals surface area (Å²) in [6.45, 7) is 4.33. The Hall–Kier alpha value is -2.70. The quantitative estimate of drug-likeness (QED) is 0.376. The van der Waals surface area contributed by atoms with Crippen LogP contribution in [-0.4, -0.2) is 74.0 Å². The summed E-state index contributed by atoms with van der Waals surface area (Å²) in [5.74, 6) is -0.384. The maximum Gasteiger partial charge on any atom is 0.416 e. The second-order valence-electron chi connectivity index (χ2n) is 7.84. The highest BCUT2D eigenvalue weighted by molar-refractivity contribution is 6.28. The van der Waals surface area contributed by atoms with E-state index in [4.69, 9.17) is 11.6 Å². The predicted octanol–water partition coefficient (Wildman–Crippen LogP) is 2.87. The van der Waals surface area contributed by atoms with Crippen LogP contribution in [0.1, 0.15) is 18.1 Å². The average Bonchev–Trinajstić information content (AvgIpc) is 3.07. The van der Waals surface area contributed by atoms with Gasteiger partial charge in [0.05, 0.1) is 23.9 Å². The van der Waals surface area contributed by atoms with Gasteiger partial charge >= 0.3 is 17.3 Å². The molecule has 3 rings (SSSR count). The van der Waals surface area contributed by atoms with Crippen LogP contribution in [0.3, 0.4) is 0 Å². The van der Waals surface area contributed by atoms with Crippen LogP contribution in [-0.2, 0) is 12.7 Å². The molecule has 9 nitrogen and oxygen atoms in total. The zero-order valence-corrected chi connectivity index (χ0v) is 17.9. The molecule has 1 N–H and O–H groups in total. The van der Waals surface area contributed by atoms with Gasteiger partial charge in [0, 0.05) is 32.7 Å². The summed E-state index contributed by atoms with van der Waals surface area (Å²) in [6, 6.07) is 4.77. The van der Waals surface area contributed by atoms with Crippen LogP contribution in [0, 0.1) is 10.1 Å². The van der Waals surface area contributed by atoms with Gasteiger partial charge in [-0.1, -0.05) is 12.1 Å². The Kier molecular flexibility index (Phi) is 7.06. The van der Waals surface area contributed by atoms with Gasteiger partial charge in [-0.25, -0.2) is 0 Å². The average molecular weight is 475 g/mol. The number of β-amino-alcohol motifs (C(OH)–C–C–N with tert-alkyl or cyclic N) is 1. The van der Waals surface area contributed by atoms with Crippen molar-refractivity contribution in [2.75, 3.05) is 32.7 Å². The number of alkyl halides is 3. The first kappa shape index (κ1) is 24.0. The summed E-state index contributed by atoms with van der Waals surface area (Å²) in [7, 11) is 0. The largest absolute Gasteiger partial charge is 0.416 e. The van der Waals surface area contributed by atoms with Crippen LogP contribution in [0.2, 0.25) is 5.28 Å². The first-order valence-corrected chi connectivity index (χ1v) is 10.1. The van der Waals surface area contributed by atoms with Gasteiger partial charge in [0.15, 0.2) is 0 Å². The highest BCUT2D eigenvalue weighted by atomic mass is 35.5. The van der Waals surface area contributed by atoms with E-state index >= 15 is 0 Å². The molecule has 32 heavy (non-hydrogen) atoms. The predicted molar refractivity (Wildman–Crippen MR) is 112 cm³/mol. The second-order valence-corrected chi connectivity index (χ2v) is 8.18. The molecule has 174 valence electrons. The van der Waals surface area contributed by atoms with Crippen LogP contribution < -0.4 is 0 Å². The molecule has 0 saturated carbocycles. The van der Waals surface area contributed by atoms with E-state index in [1.54, 1.807) is 11.9 Å². The third kappa shape index (κ3) is 6.40. The van der Waals surface area contributed by atoms with Crippen molar-refractivity contribution in [3.63, 3.8) is 0 Å². The van der Waals surface area contributed by atoms with Crippen LogP contribution in [0.15, 0.2) is 35.6 Å². The third-order valence-corrected chi connectivity index (χ3v) is 5.24. The molecule has 1 aromatic carbocycles. The van der Waals surface area contributed by atoms with Gasteiger partial charge in [0.1, 0.15) is 6.20 Å². The van der Waals surface area contributed by atoms with Gasteiger partial charge in [-0.05, 0) is 46.1 Å². The van der Waals surface area contributed by atoms with Crippen molar-refractivity contribution in [2.45, 2.75) is 25.2 Å². The van der Waals surface area contributed by atoms with Gasteiger partial charge in [0.25, 0.3) is 0 Å². The molecule has 1 unspecified atom stereocenters. The normalized spacial score (nSPS) is 17.6. The summed E-state index contributed by atoms with van der Waals surface area (Å²) in [5.41, 5.74) is -1.35. The number of nitrogens with zero attached hydrogens (tertiary/aromatic N) is 6. The van der Waals surface area contributed by atoms with E-state index in [1.165, 1.54) is 29.1 Å². The molecule has 0 spiro atoms.